The van der Waals surface area contributed by atoms with E-state index in [2.05, 4.69) is 16.0 Å². The minimum Gasteiger partial charge on any atom is -0.374 e. The molecular weight excluding hydrogens is 314 g/mol. The Labute approximate surface area is 148 Å². The van der Waals surface area contributed by atoms with E-state index in [0.717, 1.165) is 17.1 Å². The Morgan fingerprint density at radius 3 is 1.96 bits per heavy atom. The molecule has 0 aliphatic carbocycles. The van der Waals surface area contributed by atoms with Crippen molar-refractivity contribution in [3.8, 4) is 0 Å². The summed E-state index contributed by atoms with van der Waals surface area (Å²) in [7, 11) is 0. The molecule has 0 aromatic heterocycles. The minimum absolute atomic E-state index is 0.00585. The zero-order chi connectivity index (χ0) is 18.2. The lowest BCUT2D eigenvalue weighted by molar-refractivity contribution is -0.117. The number of hydrogen-bond acceptors (Lipinski definition) is 3. The van der Waals surface area contributed by atoms with Crippen LogP contribution in [-0.2, 0) is 9.59 Å². The molecule has 1 atom stereocenters. The van der Waals surface area contributed by atoms with Crippen LogP contribution in [-0.4, -0.2) is 17.9 Å². The number of benzene rings is 2. The van der Waals surface area contributed by atoms with E-state index in [-0.39, 0.29) is 17.9 Å². The molecule has 1 unspecified atom stereocenters. The third kappa shape index (κ3) is 6.30. The van der Waals surface area contributed by atoms with Crippen LogP contribution in [0.5, 0.6) is 0 Å². The highest BCUT2D eigenvalue weighted by molar-refractivity contribution is 5.96. The Hall–Kier alpha value is -2.82. The molecule has 0 aliphatic rings. The van der Waals surface area contributed by atoms with Gasteiger partial charge in [0.25, 0.3) is 0 Å². The van der Waals surface area contributed by atoms with Crippen LogP contribution in [0.1, 0.15) is 27.2 Å². The molecule has 0 bridgehead atoms. The maximum atomic E-state index is 12.2. The van der Waals surface area contributed by atoms with Gasteiger partial charge >= 0.3 is 0 Å². The van der Waals surface area contributed by atoms with Crippen LogP contribution in [0.25, 0.3) is 0 Å². The van der Waals surface area contributed by atoms with E-state index in [4.69, 9.17) is 0 Å². The second kappa shape index (κ2) is 8.87. The molecule has 132 valence electrons. The van der Waals surface area contributed by atoms with Gasteiger partial charge in [-0.3, -0.25) is 9.59 Å². The molecule has 0 fully saturated rings. The Bertz CT molecular complexity index is 697. The SMILES string of the molecule is CC(C)CC(=O)Nc1ccc(NC(C)C(=O)Nc2ccccc2)cc1. The first-order valence-electron chi connectivity index (χ1n) is 8.46. The summed E-state index contributed by atoms with van der Waals surface area (Å²) in [6, 6.07) is 16.3. The van der Waals surface area contributed by atoms with Gasteiger partial charge in [-0.25, -0.2) is 0 Å². The molecule has 0 spiro atoms. The Morgan fingerprint density at radius 2 is 1.36 bits per heavy atom. The van der Waals surface area contributed by atoms with Gasteiger partial charge in [0.05, 0.1) is 0 Å². The van der Waals surface area contributed by atoms with Gasteiger partial charge in [-0.15, -0.1) is 0 Å². The molecule has 0 saturated heterocycles. The number of carbonyl (C=O) groups excluding carboxylic acids is 2. The molecule has 0 radical (unpaired) electrons. The predicted molar refractivity (Wildman–Crippen MR) is 103 cm³/mol. The van der Waals surface area contributed by atoms with E-state index < -0.39 is 0 Å². The number of nitrogens with one attached hydrogen (secondary N) is 3. The van der Waals surface area contributed by atoms with Crippen LogP contribution in [0, 0.1) is 5.92 Å². The van der Waals surface area contributed by atoms with E-state index in [1.165, 1.54) is 0 Å². The van der Waals surface area contributed by atoms with E-state index >= 15 is 0 Å². The monoisotopic (exact) mass is 339 g/mol. The normalized spacial score (nSPS) is 11.7. The van der Waals surface area contributed by atoms with Crippen molar-refractivity contribution in [1.29, 1.82) is 0 Å². The molecule has 5 heteroatoms. The van der Waals surface area contributed by atoms with Crippen molar-refractivity contribution in [3.05, 3.63) is 54.6 Å². The van der Waals surface area contributed by atoms with Crippen molar-refractivity contribution in [2.45, 2.75) is 33.2 Å². The van der Waals surface area contributed by atoms with E-state index in [9.17, 15) is 9.59 Å². The van der Waals surface area contributed by atoms with Crippen LogP contribution < -0.4 is 16.0 Å². The highest BCUT2D eigenvalue weighted by Crippen LogP contribution is 2.16. The van der Waals surface area contributed by atoms with Gasteiger partial charge in [0, 0.05) is 23.5 Å². The number of carbonyl (C=O) groups is 2. The van der Waals surface area contributed by atoms with Gasteiger partial charge in [0.15, 0.2) is 0 Å². The van der Waals surface area contributed by atoms with Crippen LogP contribution in [0.4, 0.5) is 17.1 Å². The maximum absolute atomic E-state index is 12.2. The van der Waals surface area contributed by atoms with Gasteiger partial charge in [-0.2, -0.15) is 0 Å². The van der Waals surface area contributed by atoms with E-state index in [1.807, 2.05) is 68.4 Å². The van der Waals surface area contributed by atoms with Crippen molar-refractivity contribution >= 4 is 28.9 Å². The zero-order valence-electron chi connectivity index (χ0n) is 14.9. The fraction of sp³-hybridized carbons (Fsp3) is 0.300. The average molecular weight is 339 g/mol. The number of hydrogen-bond donors (Lipinski definition) is 3. The number of amides is 2. The molecule has 2 amide bonds. The van der Waals surface area contributed by atoms with E-state index in [1.54, 1.807) is 6.92 Å². The fourth-order valence-electron chi connectivity index (χ4n) is 2.32. The molecular formula is C20H25N3O2. The quantitative estimate of drug-likeness (QED) is 0.711. The lowest BCUT2D eigenvalue weighted by Gasteiger charge is -2.16. The summed E-state index contributed by atoms with van der Waals surface area (Å²) >= 11 is 0. The lowest BCUT2D eigenvalue weighted by Crippen LogP contribution is -2.31. The molecule has 25 heavy (non-hydrogen) atoms. The topological polar surface area (TPSA) is 70.2 Å². The highest BCUT2D eigenvalue weighted by atomic mass is 16.2. The maximum Gasteiger partial charge on any atom is 0.246 e. The second-order valence-electron chi connectivity index (χ2n) is 6.44. The van der Waals surface area contributed by atoms with Crippen molar-refractivity contribution < 1.29 is 9.59 Å². The standard InChI is InChI=1S/C20H25N3O2/c1-14(2)13-19(24)22-18-11-9-17(10-12-18)21-15(3)20(25)23-16-7-5-4-6-8-16/h4-12,14-15,21H,13H2,1-3H3,(H,22,24)(H,23,25). The Balaban J connectivity index is 1.87. The molecule has 0 heterocycles. The smallest absolute Gasteiger partial charge is 0.246 e. The van der Waals surface area contributed by atoms with Gasteiger partial charge in [0.2, 0.25) is 11.8 Å². The third-order valence-electron chi connectivity index (χ3n) is 3.58. The first kappa shape index (κ1) is 18.5. The third-order valence-corrected chi connectivity index (χ3v) is 3.58. The Kier molecular flexibility index (Phi) is 6.57. The van der Waals surface area contributed by atoms with Gasteiger partial charge < -0.3 is 16.0 Å². The first-order valence-corrected chi connectivity index (χ1v) is 8.46. The molecule has 0 aliphatic heterocycles. The summed E-state index contributed by atoms with van der Waals surface area (Å²) in [5.74, 6) is 0.219. The summed E-state index contributed by atoms with van der Waals surface area (Å²) in [4.78, 5) is 24.0. The molecule has 3 N–H and O–H groups in total. The van der Waals surface area contributed by atoms with Crippen molar-refractivity contribution in [2.75, 3.05) is 16.0 Å². The van der Waals surface area contributed by atoms with Crippen LogP contribution in [0.3, 0.4) is 0 Å². The van der Waals surface area contributed by atoms with E-state index in [0.29, 0.717) is 12.3 Å². The van der Waals surface area contributed by atoms with Gasteiger partial charge in [0.1, 0.15) is 6.04 Å². The van der Waals surface area contributed by atoms with Crippen molar-refractivity contribution in [3.63, 3.8) is 0 Å². The summed E-state index contributed by atoms with van der Waals surface area (Å²) in [6.45, 7) is 5.82. The largest absolute Gasteiger partial charge is 0.374 e. The van der Waals surface area contributed by atoms with Crippen molar-refractivity contribution in [1.82, 2.24) is 0 Å². The van der Waals surface area contributed by atoms with Crippen LogP contribution >= 0.6 is 0 Å². The zero-order valence-corrected chi connectivity index (χ0v) is 14.9. The first-order chi connectivity index (χ1) is 11.9. The summed E-state index contributed by atoms with van der Waals surface area (Å²) in [5, 5.41) is 8.87. The summed E-state index contributed by atoms with van der Waals surface area (Å²) in [5.41, 5.74) is 2.33. The van der Waals surface area contributed by atoms with Crippen molar-refractivity contribution in [2.24, 2.45) is 5.92 Å². The fourth-order valence-corrected chi connectivity index (χ4v) is 2.32. The highest BCUT2D eigenvalue weighted by Gasteiger charge is 2.12. The summed E-state index contributed by atoms with van der Waals surface area (Å²) in [6.07, 6.45) is 0.497. The number of anilines is 3. The van der Waals surface area contributed by atoms with Crippen LogP contribution in [0.15, 0.2) is 54.6 Å². The molecule has 2 aromatic carbocycles. The predicted octanol–water partition coefficient (Wildman–Crippen LogP) is 4.11. The molecule has 2 aromatic rings. The molecule has 0 saturated carbocycles. The summed E-state index contributed by atoms with van der Waals surface area (Å²) < 4.78 is 0. The van der Waals surface area contributed by atoms with Crippen LogP contribution in [0.2, 0.25) is 0 Å². The molecule has 2 rings (SSSR count). The number of rotatable bonds is 7. The minimum atomic E-state index is -0.387. The van der Waals surface area contributed by atoms with Gasteiger partial charge in [-0.1, -0.05) is 32.0 Å². The lowest BCUT2D eigenvalue weighted by atomic mass is 10.1. The van der Waals surface area contributed by atoms with Gasteiger partial charge in [-0.05, 0) is 49.2 Å². The number of para-hydroxylation sites is 1. The Morgan fingerprint density at radius 1 is 0.800 bits per heavy atom. The molecule has 5 nitrogen and oxygen atoms in total. The average Bonchev–Trinajstić information content (AvgIpc) is 2.56. The second-order valence-corrected chi connectivity index (χ2v) is 6.44.